The molecule has 1 aromatic heterocycles. The first-order chi connectivity index (χ1) is 7.77. The molecule has 1 fully saturated rings. The molecule has 0 radical (unpaired) electrons. The third-order valence-electron chi connectivity index (χ3n) is 3.23. The van der Waals surface area contributed by atoms with Crippen molar-refractivity contribution in [2.24, 2.45) is 7.05 Å². The number of ether oxygens (including phenoxy) is 1. The van der Waals surface area contributed by atoms with Crippen LogP contribution in [0.4, 0.5) is 0 Å². The Kier molecular flexibility index (Phi) is 3.96. The average molecular weight is 224 g/mol. The first kappa shape index (κ1) is 11.6. The zero-order valence-electron chi connectivity index (χ0n) is 9.80. The van der Waals surface area contributed by atoms with Gasteiger partial charge < -0.3 is 14.4 Å². The Labute approximate surface area is 96.3 Å². The number of imidazole rings is 1. The highest BCUT2D eigenvalue weighted by atomic mass is 16.5. The SMILES string of the molecule is Cn1ccnc1CCC(O)C1CCCCO1. The first-order valence-electron chi connectivity index (χ1n) is 6.03. The van der Waals surface area contributed by atoms with Crippen molar-refractivity contribution in [3.63, 3.8) is 0 Å². The van der Waals surface area contributed by atoms with Gasteiger partial charge in [0.2, 0.25) is 0 Å². The van der Waals surface area contributed by atoms with E-state index in [0.29, 0.717) is 0 Å². The topological polar surface area (TPSA) is 47.3 Å². The molecule has 2 rings (SSSR count). The molecule has 1 saturated heterocycles. The van der Waals surface area contributed by atoms with Crippen molar-refractivity contribution in [3.05, 3.63) is 18.2 Å². The maximum Gasteiger partial charge on any atom is 0.108 e. The van der Waals surface area contributed by atoms with Crippen molar-refractivity contribution in [1.29, 1.82) is 0 Å². The zero-order valence-corrected chi connectivity index (χ0v) is 9.80. The normalized spacial score (nSPS) is 23.2. The summed E-state index contributed by atoms with van der Waals surface area (Å²) >= 11 is 0. The minimum absolute atomic E-state index is 0.0361. The summed E-state index contributed by atoms with van der Waals surface area (Å²) in [6, 6.07) is 0. The van der Waals surface area contributed by atoms with Crippen LogP contribution in [0.3, 0.4) is 0 Å². The van der Waals surface area contributed by atoms with Crippen molar-refractivity contribution in [2.75, 3.05) is 6.61 Å². The van der Waals surface area contributed by atoms with Gasteiger partial charge in [0.15, 0.2) is 0 Å². The molecule has 2 unspecified atom stereocenters. The number of aromatic nitrogens is 2. The third kappa shape index (κ3) is 2.83. The van der Waals surface area contributed by atoms with Gasteiger partial charge in [0.25, 0.3) is 0 Å². The van der Waals surface area contributed by atoms with E-state index in [1.54, 1.807) is 6.20 Å². The Morgan fingerprint density at radius 1 is 1.62 bits per heavy atom. The zero-order chi connectivity index (χ0) is 11.4. The van der Waals surface area contributed by atoms with Gasteiger partial charge in [-0.1, -0.05) is 0 Å². The molecule has 1 N–H and O–H groups in total. The Morgan fingerprint density at radius 3 is 3.12 bits per heavy atom. The molecule has 0 aliphatic carbocycles. The first-order valence-corrected chi connectivity index (χ1v) is 6.03. The van der Waals surface area contributed by atoms with Gasteiger partial charge in [-0.3, -0.25) is 0 Å². The van der Waals surface area contributed by atoms with Crippen LogP contribution >= 0.6 is 0 Å². The molecule has 1 aliphatic heterocycles. The molecule has 90 valence electrons. The van der Waals surface area contributed by atoms with Crippen LogP contribution in [0.15, 0.2) is 12.4 Å². The highest BCUT2D eigenvalue weighted by Gasteiger charge is 2.22. The molecule has 0 amide bonds. The van der Waals surface area contributed by atoms with E-state index < -0.39 is 0 Å². The van der Waals surface area contributed by atoms with E-state index in [-0.39, 0.29) is 12.2 Å². The van der Waals surface area contributed by atoms with Gasteiger partial charge in [0, 0.05) is 32.5 Å². The van der Waals surface area contributed by atoms with Gasteiger partial charge in [-0.2, -0.15) is 0 Å². The summed E-state index contributed by atoms with van der Waals surface area (Å²) in [5.41, 5.74) is 0. The molecular weight excluding hydrogens is 204 g/mol. The second-order valence-electron chi connectivity index (χ2n) is 4.47. The van der Waals surface area contributed by atoms with E-state index in [4.69, 9.17) is 4.74 Å². The Bertz CT molecular complexity index is 319. The van der Waals surface area contributed by atoms with Crippen LogP contribution in [-0.2, 0) is 18.2 Å². The summed E-state index contributed by atoms with van der Waals surface area (Å²) in [5.74, 6) is 1.02. The van der Waals surface area contributed by atoms with Crippen LogP contribution in [0, 0.1) is 0 Å². The fourth-order valence-electron chi connectivity index (χ4n) is 2.17. The van der Waals surface area contributed by atoms with E-state index in [1.807, 2.05) is 17.8 Å². The van der Waals surface area contributed by atoms with Crippen LogP contribution in [0.25, 0.3) is 0 Å². The lowest BCUT2D eigenvalue weighted by atomic mass is 10.0. The number of aryl methyl sites for hydroxylation is 2. The summed E-state index contributed by atoms with van der Waals surface area (Å²) in [6.45, 7) is 0.796. The molecule has 4 heteroatoms. The molecule has 4 nitrogen and oxygen atoms in total. The Hall–Kier alpha value is -0.870. The number of aliphatic hydroxyl groups is 1. The predicted octanol–water partition coefficient (Wildman–Crippen LogP) is 1.28. The van der Waals surface area contributed by atoms with E-state index in [0.717, 1.165) is 38.1 Å². The number of hydrogen-bond acceptors (Lipinski definition) is 3. The van der Waals surface area contributed by atoms with E-state index in [1.165, 1.54) is 6.42 Å². The van der Waals surface area contributed by atoms with Gasteiger partial charge in [0.1, 0.15) is 5.82 Å². The van der Waals surface area contributed by atoms with E-state index >= 15 is 0 Å². The molecule has 0 saturated carbocycles. The third-order valence-corrected chi connectivity index (χ3v) is 3.23. The van der Waals surface area contributed by atoms with Crippen molar-refractivity contribution < 1.29 is 9.84 Å². The lowest BCUT2D eigenvalue weighted by molar-refractivity contribution is -0.0641. The summed E-state index contributed by atoms with van der Waals surface area (Å²) < 4.78 is 7.56. The second kappa shape index (κ2) is 5.46. The average Bonchev–Trinajstić information content (AvgIpc) is 2.73. The molecule has 1 aliphatic rings. The predicted molar refractivity (Wildman–Crippen MR) is 61.1 cm³/mol. The number of hydrogen-bond donors (Lipinski definition) is 1. The molecular formula is C12H20N2O2. The standard InChI is InChI=1S/C12H20N2O2/c1-14-8-7-13-12(14)6-5-10(15)11-4-2-3-9-16-11/h7-8,10-11,15H,2-6,9H2,1H3. The fraction of sp³-hybridized carbons (Fsp3) is 0.750. The molecule has 2 atom stereocenters. The van der Waals surface area contributed by atoms with Gasteiger partial charge in [-0.15, -0.1) is 0 Å². The molecule has 16 heavy (non-hydrogen) atoms. The van der Waals surface area contributed by atoms with Gasteiger partial charge in [-0.25, -0.2) is 4.98 Å². The summed E-state index contributed by atoms with van der Waals surface area (Å²) in [7, 11) is 1.98. The molecule has 0 bridgehead atoms. The minimum atomic E-state index is -0.350. The maximum atomic E-state index is 10.0. The lowest BCUT2D eigenvalue weighted by Crippen LogP contribution is -2.32. The molecule has 2 heterocycles. The van der Waals surface area contributed by atoms with E-state index in [2.05, 4.69) is 4.98 Å². The van der Waals surface area contributed by atoms with Crippen molar-refractivity contribution >= 4 is 0 Å². The number of aliphatic hydroxyl groups excluding tert-OH is 1. The van der Waals surface area contributed by atoms with Crippen LogP contribution in [0.5, 0.6) is 0 Å². The smallest absolute Gasteiger partial charge is 0.108 e. The maximum absolute atomic E-state index is 10.0. The number of nitrogens with zero attached hydrogens (tertiary/aromatic N) is 2. The van der Waals surface area contributed by atoms with Crippen LogP contribution < -0.4 is 0 Å². The highest BCUT2D eigenvalue weighted by molar-refractivity contribution is 4.92. The number of rotatable bonds is 4. The summed E-state index contributed by atoms with van der Waals surface area (Å²) in [4.78, 5) is 4.24. The fourth-order valence-corrected chi connectivity index (χ4v) is 2.17. The molecule has 1 aromatic rings. The largest absolute Gasteiger partial charge is 0.390 e. The Balaban J connectivity index is 1.78. The quantitative estimate of drug-likeness (QED) is 0.838. The minimum Gasteiger partial charge on any atom is -0.390 e. The second-order valence-corrected chi connectivity index (χ2v) is 4.47. The van der Waals surface area contributed by atoms with Crippen molar-refractivity contribution in [2.45, 2.75) is 44.3 Å². The van der Waals surface area contributed by atoms with E-state index in [9.17, 15) is 5.11 Å². The van der Waals surface area contributed by atoms with Crippen molar-refractivity contribution in [3.8, 4) is 0 Å². The summed E-state index contributed by atoms with van der Waals surface area (Å²) in [5, 5.41) is 10.0. The lowest BCUT2D eigenvalue weighted by Gasteiger charge is -2.26. The van der Waals surface area contributed by atoms with Crippen LogP contribution in [0.1, 0.15) is 31.5 Å². The molecule has 0 spiro atoms. The summed E-state index contributed by atoms with van der Waals surface area (Å²) in [6.07, 6.45) is 8.23. The van der Waals surface area contributed by atoms with Crippen LogP contribution in [-0.4, -0.2) is 33.5 Å². The van der Waals surface area contributed by atoms with Crippen molar-refractivity contribution in [1.82, 2.24) is 9.55 Å². The Morgan fingerprint density at radius 2 is 2.50 bits per heavy atom. The monoisotopic (exact) mass is 224 g/mol. The van der Waals surface area contributed by atoms with Gasteiger partial charge in [0.05, 0.1) is 12.2 Å². The van der Waals surface area contributed by atoms with Gasteiger partial charge in [-0.05, 0) is 25.7 Å². The van der Waals surface area contributed by atoms with Crippen LogP contribution in [0.2, 0.25) is 0 Å². The van der Waals surface area contributed by atoms with Gasteiger partial charge >= 0.3 is 0 Å². The molecule has 0 aromatic carbocycles. The highest BCUT2D eigenvalue weighted by Crippen LogP contribution is 2.18.